The van der Waals surface area contributed by atoms with E-state index in [0.717, 1.165) is 38.2 Å². The van der Waals surface area contributed by atoms with Crippen LogP contribution in [0.1, 0.15) is 32.4 Å². The fraction of sp³-hybridized carbons (Fsp3) is 0.692. The van der Waals surface area contributed by atoms with Crippen LogP contribution in [0.15, 0.2) is 6.08 Å². The van der Waals surface area contributed by atoms with E-state index in [4.69, 9.17) is 4.74 Å². The van der Waals surface area contributed by atoms with Crippen LogP contribution in [0.4, 0.5) is 0 Å². The third kappa shape index (κ3) is 3.53. The number of hydrogen-bond donors (Lipinski definition) is 0. The Morgan fingerprint density at radius 2 is 2.28 bits per heavy atom. The van der Waals surface area contributed by atoms with Gasteiger partial charge < -0.3 is 9.64 Å². The molecular formula is C13H21N3OS. The van der Waals surface area contributed by atoms with Crippen molar-refractivity contribution in [1.29, 1.82) is 0 Å². The normalized spacial score (nSPS) is 17.0. The highest BCUT2D eigenvalue weighted by molar-refractivity contribution is 6.99. The zero-order chi connectivity index (χ0) is 13.0. The monoisotopic (exact) mass is 267 g/mol. The van der Waals surface area contributed by atoms with Crippen molar-refractivity contribution in [3.05, 3.63) is 11.8 Å². The Bertz CT molecular complexity index is 414. The number of nitrogens with zero attached hydrogens (tertiary/aromatic N) is 3. The first kappa shape index (κ1) is 13.5. The Morgan fingerprint density at radius 3 is 3.00 bits per heavy atom. The largest absolute Gasteiger partial charge is 0.475 e. The zero-order valence-corrected chi connectivity index (χ0v) is 12.2. The molecule has 0 spiro atoms. The molecule has 2 heterocycles. The number of aromatic nitrogens is 2. The number of likely N-dealkylation sites (N-methyl/N-ethyl adjacent to an activating group) is 1. The Kier molecular flexibility index (Phi) is 4.72. The summed E-state index contributed by atoms with van der Waals surface area (Å²) in [4.78, 5) is 2.30. The summed E-state index contributed by atoms with van der Waals surface area (Å²) in [5.74, 6) is 1.36. The Hall–Kier alpha value is -0.940. The molecule has 0 fully saturated rings. The Morgan fingerprint density at radius 1 is 1.44 bits per heavy atom. The standard InChI is InChI=1S/C13H21N3OS/c1-10(2)6-8-17-13-12(14-18-15-13)11-5-4-7-16(3)9-11/h5,10H,4,6-9H2,1-3H3. The molecule has 0 aliphatic carbocycles. The third-order valence-electron chi connectivity index (χ3n) is 3.04. The first-order valence-corrected chi connectivity index (χ1v) is 7.23. The van der Waals surface area contributed by atoms with Gasteiger partial charge in [-0.25, -0.2) is 0 Å². The van der Waals surface area contributed by atoms with Crippen LogP contribution >= 0.6 is 11.7 Å². The molecule has 1 aliphatic rings. The van der Waals surface area contributed by atoms with Crippen molar-refractivity contribution in [2.45, 2.75) is 26.7 Å². The van der Waals surface area contributed by atoms with E-state index in [2.05, 4.69) is 40.6 Å². The summed E-state index contributed by atoms with van der Waals surface area (Å²) in [5.41, 5.74) is 2.19. The van der Waals surface area contributed by atoms with E-state index < -0.39 is 0 Å². The molecule has 1 aliphatic heterocycles. The van der Waals surface area contributed by atoms with Gasteiger partial charge >= 0.3 is 0 Å². The molecular weight excluding hydrogens is 246 g/mol. The number of hydrogen-bond acceptors (Lipinski definition) is 5. The molecule has 100 valence electrons. The van der Waals surface area contributed by atoms with Crippen LogP contribution in [0, 0.1) is 5.92 Å². The van der Waals surface area contributed by atoms with Crippen LogP contribution in [0.5, 0.6) is 5.88 Å². The summed E-state index contributed by atoms with van der Waals surface area (Å²) in [5, 5.41) is 0. The van der Waals surface area contributed by atoms with Crippen molar-refractivity contribution >= 4 is 17.3 Å². The smallest absolute Gasteiger partial charge is 0.253 e. The second-order valence-corrected chi connectivity index (χ2v) is 5.73. The maximum atomic E-state index is 5.75. The summed E-state index contributed by atoms with van der Waals surface area (Å²) < 4.78 is 14.4. The van der Waals surface area contributed by atoms with Crippen molar-refractivity contribution in [2.24, 2.45) is 5.92 Å². The molecule has 0 amide bonds. The van der Waals surface area contributed by atoms with Crippen LogP contribution in [0.3, 0.4) is 0 Å². The first-order valence-electron chi connectivity index (χ1n) is 6.50. The van der Waals surface area contributed by atoms with Gasteiger partial charge in [0.05, 0.1) is 18.3 Å². The van der Waals surface area contributed by atoms with Gasteiger partial charge in [-0.1, -0.05) is 19.9 Å². The Labute approximate surface area is 113 Å². The molecule has 0 atom stereocenters. The minimum absolute atomic E-state index is 0.653. The van der Waals surface area contributed by atoms with E-state index in [1.54, 1.807) is 0 Å². The van der Waals surface area contributed by atoms with Crippen LogP contribution in [0.25, 0.3) is 5.57 Å². The lowest BCUT2D eigenvalue weighted by Crippen LogP contribution is -2.25. The van der Waals surface area contributed by atoms with Crippen molar-refractivity contribution in [1.82, 2.24) is 13.6 Å². The molecule has 0 aromatic carbocycles. The molecule has 0 N–H and O–H groups in total. The third-order valence-corrected chi connectivity index (χ3v) is 3.55. The highest BCUT2D eigenvalue weighted by Crippen LogP contribution is 2.27. The van der Waals surface area contributed by atoms with Crippen LogP contribution in [0.2, 0.25) is 0 Å². The molecule has 5 heteroatoms. The maximum absolute atomic E-state index is 5.75. The molecule has 1 aromatic heterocycles. The van der Waals surface area contributed by atoms with E-state index in [-0.39, 0.29) is 0 Å². The number of ether oxygens (including phenoxy) is 1. The SMILES string of the molecule is CC(C)CCOc1nsnc1C1=CCCN(C)C1. The van der Waals surface area contributed by atoms with Crippen molar-refractivity contribution < 1.29 is 4.74 Å². The van der Waals surface area contributed by atoms with Crippen molar-refractivity contribution in [3.8, 4) is 5.88 Å². The van der Waals surface area contributed by atoms with Crippen LogP contribution < -0.4 is 4.74 Å². The van der Waals surface area contributed by atoms with Crippen LogP contribution in [-0.2, 0) is 0 Å². The Balaban J connectivity index is 2.01. The van der Waals surface area contributed by atoms with Gasteiger partial charge in [-0.2, -0.15) is 4.37 Å². The quantitative estimate of drug-likeness (QED) is 0.822. The molecule has 0 radical (unpaired) electrons. The second kappa shape index (κ2) is 6.29. The van der Waals surface area contributed by atoms with Crippen molar-refractivity contribution in [3.63, 3.8) is 0 Å². The lowest BCUT2D eigenvalue weighted by molar-refractivity contribution is 0.280. The molecule has 18 heavy (non-hydrogen) atoms. The summed E-state index contributed by atoms with van der Waals surface area (Å²) >= 11 is 1.24. The van der Waals surface area contributed by atoms with E-state index in [1.165, 1.54) is 17.3 Å². The topological polar surface area (TPSA) is 38.3 Å². The lowest BCUT2D eigenvalue weighted by Gasteiger charge is -2.22. The minimum Gasteiger partial charge on any atom is -0.475 e. The van der Waals surface area contributed by atoms with E-state index in [0.29, 0.717) is 11.8 Å². The van der Waals surface area contributed by atoms with Gasteiger partial charge in [0.15, 0.2) is 0 Å². The molecule has 1 aromatic rings. The fourth-order valence-electron chi connectivity index (χ4n) is 1.93. The molecule has 4 nitrogen and oxygen atoms in total. The van der Waals surface area contributed by atoms with Gasteiger partial charge in [0.1, 0.15) is 5.69 Å². The van der Waals surface area contributed by atoms with E-state index in [9.17, 15) is 0 Å². The van der Waals surface area contributed by atoms with Crippen LogP contribution in [-0.4, -0.2) is 40.4 Å². The summed E-state index contributed by atoms with van der Waals surface area (Å²) in [6.45, 7) is 7.17. The average Bonchev–Trinajstić information content (AvgIpc) is 2.77. The van der Waals surface area contributed by atoms with Gasteiger partial charge in [0, 0.05) is 13.1 Å². The molecule has 0 saturated carbocycles. The predicted octanol–water partition coefficient (Wildman–Crippen LogP) is 2.68. The maximum Gasteiger partial charge on any atom is 0.253 e. The number of rotatable bonds is 5. The summed E-state index contributed by atoms with van der Waals surface area (Å²) in [6, 6.07) is 0. The average molecular weight is 267 g/mol. The van der Waals surface area contributed by atoms with Gasteiger partial charge in [-0.15, -0.1) is 4.37 Å². The van der Waals surface area contributed by atoms with Gasteiger partial charge in [-0.3, -0.25) is 0 Å². The van der Waals surface area contributed by atoms with Gasteiger partial charge in [0.2, 0.25) is 0 Å². The van der Waals surface area contributed by atoms with E-state index >= 15 is 0 Å². The fourth-order valence-corrected chi connectivity index (χ4v) is 2.46. The zero-order valence-electron chi connectivity index (χ0n) is 11.3. The van der Waals surface area contributed by atoms with E-state index in [1.807, 2.05) is 0 Å². The highest BCUT2D eigenvalue weighted by atomic mass is 32.1. The molecule has 0 saturated heterocycles. The molecule has 2 rings (SSSR count). The van der Waals surface area contributed by atoms with Gasteiger partial charge in [0.25, 0.3) is 5.88 Å². The second-order valence-electron chi connectivity index (χ2n) is 5.20. The molecule has 0 unspecified atom stereocenters. The highest BCUT2D eigenvalue weighted by Gasteiger charge is 2.18. The van der Waals surface area contributed by atoms with Gasteiger partial charge in [-0.05, 0) is 31.4 Å². The molecule has 0 bridgehead atoms. The minimum atomic E-state index is 0.653. The summed E-state index contributed by atoms with van der Waals surface area (Å²) in [6.07, 6.45) is 4.39. The van der Waals surface area contributed by atoms with Crippen molar-refractivity contribution in [2.75, 3.05) is 26.7 Å². The first-order chi connectivity index (χ1) is 8.66. The summed E-state index contributed by atoms with van der Waals surface area (Å²) in [7, 11) is 2.13. The lowest BCUT2D eigenvalue weighted by atomic mass is 10.1. The predicted molar refractivity (Wildman–Crippen MR) is 75.0 cm³/mol.